The Balaban J connectivity index is 1.80. The fourth-order valence-corrected chi connectivity index (χ4v) is 2.45. The van der Waals surface area contributed by atoms with Gasteiger partial charge in [-0.05, 0) is 19.1 Å². The van der Waals surface area contributed by atoms with Crippen molar-refractivity contribution < 1.29 is 9.18 Å². The molecule has 0 bridgehead atoms. The van der Waals surface area contributed by atoms with Crippen molar-refractivity contribution in [2.75, 3.05) is 13.1 Å². The molecule has 112 valence electrons. The van der Waals surface area contributed by atoms with E-state index in [1.54, 1.807) is 6.20 Å². The van der Waals surface area contributed by atoms with Crippen molar-refractivity contribution in [1.29, 1.82) is 5.26 Å². The number of amides is 1. The summed E-state index contributed by atoms with van der Waals surface area (Å²) in [4.78, 5) is 17.6. The molecule has 0 aliphatic carbocycles. The molecule has 1 amide bonds. The molecule has 0 radical (unpaired) electrons. The first-order valence-electron chi connectivity index (χ1n) is 7.06. The van der Waals surface area contributed by atoms with Crippen molar-refractivity contribution in [3.63, 3.8) is 0 Å². The SMILES string of the molecule is C[C@@H](Cc1ccccn1)NCC(=O)N1C[C@@H](F)C[C@H]1C#N. The first-order valence-corrected chi connectivity index (χ1v) is 7.06. The van der Waals surface area contributed by atoms with E-state index >= 15 is 0 Å². The number of aromatic nitrogens is 1. The normalized spacial score (nSPS) is 22.8. The summed E-state index contributed by atoms with van der Waals surface area (Å²) in [6.07, 6.45) is 1.47. The van der Waals surface area contributed by atoms with Crippen LogP contribution in [-0.2, 0) is 11.2 Å². The Hall–Kier alpha value is -2.00. The fourth-order valence-electron chi connectivity index (χ4n) is 2.45. The highest BCUT2D eigenvalue weighted by atomic mass is 19.1. The fraction of sp³-hybridized carbons (Fsp3) is 0.533. The third-order valence-corrected chi connectivity index (χ3v) is 3.56. The molecule has 2 heterocycles. The van der Waals surface area contributed by atoms with Crippen LogP contribution < -0.4 is 5.32 Å². The first kappa shape index (κ1) is 15.4. The Morgan fingerprint density at radius 1 is 1.67 bits per heavy atom. The van der Waals surface area contributed by atoms with Gasteiger partial charge in [0.15, 0.2) is 0 Å². The maximum Gasteiger partial charge on any atom is 0.237 e. The summed E-state index contributed by atoms with van der Waals surface area (Å²) in [5.74, 6) is -0.227. The van der Waals surface area contributed by atoms with E-state index in [2.05, 4.69) is 10.3 Å². The van der Waals surface area contributed by atoms with Gasteiger partial charge in [0.05, 0.1) is 19.2 Å². The van der Waals surface area contributed by atoms with Gasteiger partial charge >= 0.3 is 0 Å². The minimum atomic E-state index is -1.09. The summed E-state index contributed by atoms with van der Waals surface area (Å²) in [6.45, 7) is 2.10. The van der Waals surface area contributed by atoms with Crippen LogP contribution >= 0.6 is 0 Å². The lowest BCUT2D eigenvalue weighted by molar-refractivity contribution is -0.130. The molecule has 0 saturated carbocycles. The number of halogens is 1. The highest BCUT2D eigenvalue weighted by Crippen LogP contribution is 2.19. The number of hydrogen-bond donors (Lipinski definition) is 1. The third kappa shape index (κ3) is 4.23. The van der Waals surface area contributed by atoms with Crippen LogP contribution in [0, 0.1) is 11.3 Å². The molecule has 1 aliphatic heterocycles. The second-order valence-corrected chi connectivity index (χ2v) is 5.33. The summed E-state index contributed by atoms with van der Waals surface area (Å²) >= 11 is 0. The molecule has 0 spiro atoms. The Morgan fingerprint density at radius 3 is 3.14 bits per heavy atom. The largest absolute Gasteiger partial charge is 0.323 e. The number of hydrogen-bond acceptors (Lipinski definition) is 4. The van der Waals surface area contributed by atoms with E-state index in [0.29, 0.717) is 6.42 Å². The van der Waals surface area contributed by atoms with Crippen LogP contribution in [0.15, 0.2) is 24.4 Å². The number of pyridine rings is 1. The average molecular weight is 290 g/mol. The zero-order valence-corrected chi connectivity index (χ0v) is 12.0. The molecule has 3 atom stereocenters. The number of nitriles is 1. The lowest BCUT2D eigenvalue weighted by atomic mass is 10.1. The monoisotopic (exact) mass is 290 g/mol. The second-order valence-electron chi connectivity index (χ2n) is 5.33. The van der Waals surface area contributed by atoms with Gasteiger partial charge in [-0.15, -0.1) is 0 Å². The number of alkyl halides is 1. The Kier molecular flexibility index (Phi) is 5.23. The predicted molar refractivity (Wildman–Crippen MR) is 76.0 cm³/mol. The van der Waals surface area contributed by atoms with Gasteiger partial charge in [0.1, 0.15) is 12.2 Å². The Morgan fingerprint density at radius 2 is 2.48 bits per heavy atom. The topological polar surface area (TPSA) is 69.0 Å². The molecule has 2 rings (SSSR count). The highest BCUT2D eigenvalue weighted by molar-refractivity contribution is 5.79. The molecular formula is C15H19FN4O. The first-order chi connectivity index (χ1) is 10.1. The van der Waals surface area contributed by atoms with Gasteiger partial charge in [0.2, 0.25) is 5.91 Å². The molecule has 0 unspecified atom stereocenters. The quantitative estimate of drug-likeness (QED) is 0.880. The number of nitrogens with one attached hydrogen (secondary N) is 1. The van der Waals surface area contributed by atoms with Gasteiger partial charge < -0.3 is 10.2 Å². The molecule has 1 aliphatic rings. The Bertz CT molecular complexity index is 516. The number of nitrogens with zero attached hydrogens (tertiary/aromatic N) is 3. The summed E-state index contributed by atoms with van der Waals surface area (Å²) in [7, 11) is 0. The zero-order chi connectivity index (χ0) is 15.2. The van der Waals surface area contributed by atoms with E-state index < -0.39 is 12.2 Å². The molecular weight excluding hydrogens is 271 g/mol. The minimum absolute atomic E-state index is 0.0212. The second kappa shape index (κ2) is 7.14. The molecule has 0 aromatic carbocycles. The van der Waals surface area contributed by atoms with E-state index in [1.807, 2.05) is 31.2 Å². The predicted octanol–water partition coefficient (Wildman–Crippen LogP) is 1.06. The minimum Gasteiger partial charge on any atom is -0.323 e. The summed E-state index contributed by atoms with van der Waals surface area (Å²) in [6, 6.07) is 7.12. The van der Waals surface area contributed by atoms with Crippen LogP contribution in [-0.4, -0.2) is 47.1 Å². The standard InChI is InChI=1S/C15H19FN4O/c1-11(6-13-4-2-3-5-18-13)19-9-15(21)20-10-12(16)7-14(20)8-17/h2-5,11-12,14,19H,6-7,9-10H2,1H3/t11-,12-,14-/m0/s1. The van der Waals surface area contributed by atoms with Gasteiger partial charge in [0.25, 0.3) is 0 Å². The summed E-state index contributed by atoms with van der Waals surface area (Å²) < 4.78 is 13.3. The number of carbonyl (C=O) groups excluding carboxylic acids is 1. The molecule has 21 heavy (non-hydrogen) atoms. The van der Waals surface area contributed by atoms with Gasteiger partial charge in [-0.3, -0.25) is 9.78 Å². The van der Waals surface area contributed by atoms with Crippen molar-refractivity contribution in [3.05, 3.63) is 30.1 Å². The van der Waals surface area contributed by atoms with Gasteiger partial charge in [-0.25, -0.2) is 4.39 Å². The van der Waals surface area contributed by atoms with Crippen LogP contribution in [0.4, 0.5) is 4.39 Å². The van der Waals surface area contributed by atoms with Crippen LogP contribution in [0.1, 0.15) is 19.0 Å². The van der Waals surface area contributed by atoms with E-state index in [0.717, 1.165) is 5.69 Å². The lowest BCUT2D eigenvalue weighted by Crippen LogP contribution is -2.43. The highest BCUT2D eigenvalue weighted by Gasteiger charge is 2.35. The van der Waals surface area contributed by atoms with Crippen LogP contribution in [0.5, 0.6) is 0 Å². The van der Waals surface area contributed by atoms with Crippen molar-refractivity contribution in [3.8, 4) is 6.07 Å². The Labute approximate surface area is 123 Å². The van der Waals surface area contributed by atoms with Gasteiger partial charge in [0, 0.05) is 30.8 Å². The van der Waals surface area contributed by atoms with Crippen molar-refractivity contribution >= 4 is 5.91 Å². The number of carbonyl (C=O) groups is 1. The molecule has 6 heteroatoms. The van der Waals surface area contributed by atoms with Crippen molar-refractivity contribution in [2.45, 2.75) is 38.0 Å². The maximum atomic E-state index is 13.3. The van der Waals surface area contributed by atoms with Crippen LogP contribution in [0.25, 0.3) is 0 Å². The van der Waals surface area contributed by atoms with E-state index in [1.165, 1.54) is 4.90 Å². The third-order valence-electron chi connectivity index (χ3n) is 3.56. The zero-order valence-electron chi connectivity index (χ0n) is 12.0. The van der Waals surface area contributed by atoms with E-state index in [4.69, 9.17) is 5.26 Å². The molecule has 1 aromatic rings. The molecule has 1 N–H and O–H groups in total. The molecule has 1 fully saturated rings. The maximum absolute atomic E-state index is 13.3. The van der Waals surface area contributed by atoms with Crippen molar-refractivity contribution in [2.24, 2.45) is 0 Å². The number of likely N-dealkylation sites (tertiary alicyclic amines) is 1. The van der Waals surface area contributed by atoms with Crippen molar-refractivity contribution in [1.82, 2.24) is 15.2 Å². The number of rotatable bonds is 5. The molecule has 1 aromatic heterocycles. The average Bonchev–Trinajstić information content (AvgIpc) is 2.87. The van der Waals surface area contributed by atoms with Gasteiger partial charge in [-0.2, -0.15) is 5.26 Å². The van der Waals surface area contributed by atoms with E-state index in [-0.39, 0.29) is 31.5 Å². The lowest BCUT2D eigenvalue weighted by Gasteiger charge is -2.21. The molecule has 5 nitrogen and oxygen atoms in total. The van der Waals surface area contributed by atoms with Crippen LogP contribution in [0.3, 0.4) is 0 Å². The van der Waals surface area contributed by atoms with Crippen LogP contribution in [0.2, 0.25) is 0 Å². The summed E-state index contributed by atoms with van der Waals surface area (Å²) in [5.41, 5.74) is 0.949. The summed E-state index contributed by atoms with van der Waals surface area (Å²) in [5, 5.41) is 12.0. The van der Waals surface area contributed by atoms with E-state index in [9.17, 15) is 9.18 Å². The smallest absolute Gasteiger partial charge is 0.237 e. The molecule has 1 saturated heterocycles. The van der Waals surface area contributed by atoms with Gasteiger partial charge in [-0.1, -0.05) is 6.07 Å².